The average molecular weight is 316 g/mol. The number of nitrogens with zero attached hydrogens (tertiary/aromatic N) is 3. The summed E-state index contributed by atoms with van der Waals surface area (Å²) in [5.74, 6) is 1.14. The van der Waals surface area contributed by atoms with Gasteiger partial charge < -0.3 is 10.2 Å². The van der Waals surface area contributed by atoms with Crippen LogP contribution in [0.1, 0.15) is 30.5 Å². The van der Waals surface area contributed by atoms with Crippen molar-refractivity contribution in [1.82, 2.24) is 20.0 Å². The van der Waals surface area contributed by atoms with Crippen molar-refractivity contribution < 1.29 is 4.79 Å². The number of nitrogens with one attached hydrogen (secondary N) is 1. The predicted molar refractivity (Wildman–Crippen MR) is 86.2 cm³/mol. The summed E-state index contributed by atoms with van der Waals surface area (Å²) in [7, 11) is 0. The molecule has 0 bridgehead atoms. The quantitative estimate of drug-likeness (QED) is 0.861. The molecule has 6 heteroatoms. The molecule has 0 radical (unpaired) electrons. The molecule has 1 amide bonds. The molecule has 2 saturated heterocycles. The fourth-order valence-corrected chi connectivity index (χ4v) is 4.08. The van der Waals surface area contributed by atoms with Crippen LogP contribution in [-0.2, 0) is 24.2 Å². The Hall–Kier alpha value is -1.69. The molecule has 2 fully saturated rings. The number of fused-ring (bicyclic) bond motifs is 1. The van der Waals surface area contributed by atoms with Crippen molar-refractivity contribution in [3.8, 4) is 0 Å². The average Bonchev–Trinajstić information content (AvgIpc) is 2.91. The molecule has 0 saturated carbocycles. The number of rotatable bonds is 4. The van der Waals surface area contributed by atoms with E-state index in [1.807, 2.05) is 0 Å². The van der Waals surface area contributed by atoms with Crippen molar-refractivity contribution >= 4 is 5.91 Å². The van der Waals surface area contributed by atoms with Gasteiger partial charge in [0.25, 0.3) is 5.56 Å². The summed E-state index contributed by atoms with van der Waals surface area (Å²) < 4.78 is 1.67. The van der Waals surface area contributed by atoms with E-state index in [1.54, 1.807) is 10.7 Å². The van der Waals surface area contributed by atoms with Crippen molar-refractivity contribution in [3.63, 3.8) is 0 Å². The molecule has 1 aliphatic carbocycles. The molecular formula is C17H24N4O2. The van der Waals surface area contributed by atoms with E-state index in [4.69, 9.17) is 0 Å². The van der Waals surface area contributed by atoms with Crippen LogP contribution < -0.4 is 10.9 Å². The summed E-state index contributed by atoms with van der Waals surface area (Å²) in [6, 6.07) is 1.80. The zero-order chi connectivity index (χ0) is 15.8. The second-order valence-corrected chi connectivity index (χ2v) is 7.30. The first-order valence-corrected chi connectivity index (χ1v) is 8.76. The summed E-state index contributed by atoms with van der Waals surface area (Å²) in [4.78, 5) is 25.8. The fraction of sp³-hybridized carbons (Fsp3) is 0.706. The lowest BCUT2D eigenvalue weighted by molar-refractivity contribution is -0.119. The smallest absolute Gasteiger partial charge is 0.267 e. The Morgan fingerprint density at radius 3 is 2.74 bits per heavy atom. The second kappa shape index (κ2) is 6.07. The van der Waals surface area contributed by atoms with Crippen molar-refractivity contribution in [2.75, 3.05) is 26.2 Å². The summed E-state index contributed by atoms with van der Waals surface area (Å²) >= 11 is 0. The van der Waals surface area contributed by atoms with Crippen LogP contribution in [0.25, 0.3) is 0 Å². The maximum absolute atomic E-state index is 12.2. The van der Waals surface area contributed by atoms with E-state index < -0.39 is 0 Å². The Kier molecular flexibility index (Phi) is 3.93. The molecule has 1 N–H and O–H groups in total. The Labute approximate surface area is 135 Å². The van der Waals surface area contributed by atoms with E-state index in [0.717, 1.165) is 56.8 Å². The zero-order valence-corrected chi connectivity index (χ0v) is 13.5. The van der Waals surface area contributed by atoms with Gasteiger partial charge in [-0.05, 0) is 37.2 Å². The van der Waals surface area contributed by atoms with Crippen LogP contribution in [0.4, 0.5) is 0 Å². The standard InChI is InChI=1S/C17H24N4O2/c22-16-5-12(7-18-16)8-20-9-13(10-20)11-21-17(23)6-14-3-1-2-4-15(14)19-21/h6,12-13H,1-5,7-11H2,(H,18,22). The van der Waals surface area contributed by atoms with E-state index in [1.165, 1.54) is 12.8 Å². The number of amides is 1. The molecule has 4 rings (SSSR count). The van der Waals surface area contributed by atoms with Crippen molar-refractivity contribution in [2.45, 2.75) is 38.6 Å². The van der Waals surface area contributed by atoms with Crippen LogP contribution in [0.15, 0.2) is 10.9 Å². The van der Waals surface area contributed by atoms with Crippen LogP contribution in [0.3, 0.4) is 0 Å². The Morgan fingerprint density at radius 2 is 1.96 bits per heavy atom. The monoisotopic (exact) mass is 316 g/mol. The number of aryl methyl sites for hydroxylation is 2. The first-order chi connectivity index (χ1) is 11.2. The molecule has 2 aliphatic heterocycles. The van der Waals surface area contributed by atoms with E-state index >= 15 is 0 Å². The van der Waals surface area contributed by atoms with Crippen LogP contribution in [0, 0.1) is 11.8 Å². The number of carbonyl (C=O) groups excluding carboxylic acids is 1. The third-order valence-corrected chi connectivity index (χ3v) is 5.32. The highest BCUT2D eigenvalue weighted by molar-refractivity contribution is 5.78. The molecule has 1 aromatic heterocycles. The highest BCUT2D eigenvalue weighted by atomic mass is 16.2. The number of hydrogen-bond donors (Lipinski definition) is 1. The lowest BCUT2D eigenvalue weighted by Gasteiger charge is -2.40. The van der Waals surface area contributed by atoms with Gasteiger partial charge in [-0.1, -0.05) is 0 Å². The van der Waals surface area contributed by atoms with Crippen LogP contribution in [0.2, 0.25) is 0 Å². The molecule has 6 nitrogen and oxygen atoms in total. The Bertz CT molecular complexity index is 663. The molecule has 23 heavy (non-hydrogen) atoms. The van der Waals surface area contributed by atoms with E-state index in [0.29, 0.717) is 18.3 Å². The van der Waals surface area contributed by atoms with E-state index in [9.17, 15) is 9.59 Å². The second-order valence-electron chi connectivity index (χ2n) is 7.30. The largest absolute Gasteiger partial charge is 0.356 e. The highest BCUT2D eigenvalue weighted by Gasteiger charge is 2.31. The topological polar surface area (TPSA) is 67.2 Å². The van der Waals surface area contributed by atoms with Crippen molar-refractivity contribution in [3.05, 3.63) is 27.7 Å². The normalized spacial score (nSPS) is 25.0. The molecule has 3 heterocycles. The molecular weight excluding hydrogens is 292 g/mol. The maximum atomic E-state index is 12.2. The lowest BCUT2D eigenvalue weighted by Crippen LogP contribution is -2.51. The van der Waals surface area contributed by atoms with Gasteiger partial charge in [-0.15, -0.1) is 0 Å². The van der Waals surface area contributed by atoms with E-state index in [2.05, 4.69) is 15.3 Å². The van der Waals surface area contributed by atoms with Crippen LogP contribution in [0.5, 0.6) is 0 Å². The van der Waals surface area contributed by atoms with Crippen LogP contribution in [-0.4, -0.2) is 46.8 Å². The molecule has 1 aromatic rings. The first-order valence-electron chi connectivity index (χ1n) is 8.76. The van der Waals surface area contributed by atoms with Gasteiger partial charge in [0.2, 0.25) is 5.91 Å². The summed E-state index contributed by atoms with van der Waals surface area (Å²) in [5, 5.41) is 7.49. The third kappa shape index (κ3) is 3.17. The highest BCUT2D eigenvalue weighted by Crippen LogP contribution is 2.22. The lowest BCUT2D eigenvalue weighted by atomic mass is 9.96. The number of hydrogen-bond acceptors (Lipinski definition) is 4. The zero-order valence-electron chi connectivity index (χ0n) is 13.5. The van der Waals surface area contributed by atoms with Crippen molar-refractivity contribution in [2.24, 2.45) is 11.8 Å². The van der Waals surface area contributed by atoms with Gasteiger partial charge in [-0.25, -0.2) is 4.68 Å². The van der Waals surface area contributed by atoms with Gasteiger partial charge in [0.1, 0.15) is 0 Å². The SMILES string of the molecule is O=C1CC(CN2CC(Cn3nc4c(cc3=O)CCCC4)C2)CN1. The molecule has 1 unspecified atom stereocenters. The summed E-state index contributed by atoms with van der Waals surface area (Å²) in [5.41, 5.74) is 2.34. The van der Waals surface area contributed by atoms with Gasteiger partial charge in [-0.2, -0.15) is 5.10 Å². The number of likely N-dealkylation sites (tertiary alicyclic amines) is 1. The Morgan fingerprint density at radius 1 is 1.13 bits per heavy atom. The number of carbonyl (C=O) groups is 1. The predicted octanol–water partition coefficient (Wildman–Crippen LogP) is 0.190. The molecule has 0 spiro atoms. The molecule has 1 atom stereocenters. The summed E-state index contributed by atoms with van der Waals surface area (Å²) in [6.45, 7) is 4.55. The Balaban J connectivity index is 1.32. The third-order valence-electron chi connectivity index (χ3n) is 5.32. The van der Waals surface area contributed by atoms with Crippen LogP contribution >= 0.6 is 0 Å². The molecule has 3 aliphatic rings. The minimum atomic E-state index is 0.0506. The maximum Gasteiger partial charge on any atom is 0.267 e. The van der Waals surface area contributed by atoms with Gasteiger partial charge in [0, 0.05) is 44.6 Å². The first kappa shape index (κ1) is 14.9. The molecule has 0 aromatic carbocycles. The van der Waals surface area contributed by atoms with Gasteiger partial charge in [0.05, 0.1) is 12.2 Å². The minimum Gasteiger partial charge on any atom is -0.356 e. The minimum absolute atomic E-state index is 0.0506. The van der Waals surface area contributed by atoms with Gasteiger partial charge >= 0.3 is 0 Å². The van der Waals surface area contributed by atoms with E-state index in [-0.39, 0.29) is 11.5 Å². The molecule has 124 valence electrons. The number of aromatic nitrogens is 2. The van der Waals surface area contributed by atoms with Crippen molar-refractivity contribution in [1.29, 1.82) is 0 Å². The fourth-order valence-electron chi connectivity index (χ4n) is 4.08. The summed E-state index contributed by atoms with van der Waals surface area (Å²) in [6.07, 6.45) is 5.03. The van der Waals surface area contributed by atoms with Gasteiger partial charge in [0.15, 0.2) is 0 Å². The van der Waals surface area contributed by atoms with Gasteiger partial charge in [-0.3, -0.25) is 9.59 Å².